The number of halogens is 1. The third-order valence-corrected chi connectivity index (χ3v) is 2.04. The van der Waals surface area contributed by atoms with Crippen LogP contribution in [0.15, 0.2) is 18.2 Å². The summed E-state index contributed by atoms with van der Waals surface area (Å²) in [6.07, 6.45) is 0. The molecule has 0 aliphatic rings. The van der Waals surface area contributed by atoms with Crippen molar-refractivity contribution in [3.8, 4) is 6.07 Å². The highest BCUT2D eigenvalue weighted by Gasteiger charge is 2.12. The number of rotatable bonds is 3. The molecule has 0 heterocycles. The van der Waals surface area contributed by atoms with Crippen LogP contribution in [0.3, 0.4) is 0 Å². The van der Waals surface area contributed by atoms with E-state index in [2.05, 4.69) is 5.32 Å². The van der Waals surface area contributed by atoms with Crippen molar-refractivity contribution in [3.63, 3.8) is 0 Å². The van der Waals surface area contributed by atoms with Gasteiger partial charge in [-0.15, -0.1) is 0 Å². The third kappa shape index (κ3) is 2.08. The topological polar surface area (TPSA) is 56.0 Å². The van der Waals surface area contributed by atoms with Crippen molar-refractivity contribution in [2.24, 2.45) is 0 Å². The fourth-order valence-corrected chi connectivity index (χ4v) is 1.27. The Balaban J connectivity index is 3.14. The molecule has 2 N–H and O–H groups in total. The lowest BCUT2D eigenvalue weighted by Gasteiger charge is -2.14. The van der Waals surface area contributed by atoms with Gasteiger partial charge in [0, 0.05) is 0 Å². The second-order valence-corrected chi connectivity index (χ2v) is 2.87. The van der Waals surface area contributed by atoms with Gasteiger partial charge in [0.15, 0.2) is 0 Å². The fraction of sp³-hybridized carbons (Fsp3) is 0.300. The maximum Gasteiger partial charge on any atom is 0.124 e. The summed E-state index contributed by atoms with van der Waals surface area (Å²) in [7, 11) is 1.67. The first-order valence-electron chi connectivity index (χ1n) is 4.20. The van der Waals surface area contributed by atoms with Crippen molar-refractivity contribution in [1.29, 1.82) is 5.26 Å². The van der Waals surface area contributed by atoms with Crippen molar-refractivity contribution in [1.82, 2.24) is 5.32 Å². The van der Waals surface area contributed by atoms with E-state index in [1.807, 2.05) is 6.07 Å². The summed E-state index contributed by atoms with van der Waals surface area (Å²) in [4.78, 5) is 0. The summed E-state index contributed by atoms with van der Waals surface area (Å²) in [5, 5.41) is 20.6. The number of likely N-dealkylation sites (N-methyl/N-ethyl adjacent to an activating group) is 1. The van der Waals surface area contributed by atoms with E-state index in [1.165, 1.54) is 12.1 Å². The standard InChI is InChI=1S/C10H11FN2O/c1-13-10(6-14)9-3-2-8(11)4-7(9)5-12/h2-4,10,13-14H,6H2,1H3/t10-/m1/s1. The zero-order chi connectivity index (χ0) is 10.6. The third-order valence-electron chi connectivity index (χ3n) is 2.04. The Morgan fingerprint density at radius 3 is 2.86 bits per heavy atom. The van der Waals surface area contributed by atoms with Gasteiger partial charge in [-0.1, -0.05) is 6.07 Å². The van der Waals surface area contributed by atoms with Crippen molar-refractivity contribution < 1.29 is 9.50 Å². The van der Waals surface area contributed by atoms with Crippen LogP contribution in [0.25, 0.3) is 0 Å². The molecule has 0 radical (unpaired) electrons. The van der Waals surface area contributed by atoms with Gasteiger partial charge in [-0.25, -0.2) is 4.39 Å². The molecule has 0 saturated carbocycles. The van der Waals surface area contributed by atoms with Crippen molar-refractivity contribution in [2.45, 2.75) is 6.04 Å². The van der Waals surface area contributed by atoms with Crippen LogP contribution < -0.4 is 5.32 Å². The lowest BCUT2D eigenvalue weighted by atomic mass is 10.0. The maximum atomic E-state index is 12.8. The number of hydrogen-bond acceptors (Lipinski definition) is 3. The van der Waals surface area contributed by atoms with Gasteiger partial charge < -0.3 is 10.4 Å². The van der Waals surface area contributed by atoms with E-state index in [0.717, 1.165) is 6.07 Å². The number of hydrogen-bond donors (Lipinski definition) is 2. The van der Waals surface area contributed by atoms with Gasteiger partial charge in [0.25, 0.3) is 0 Å². The molecule has 1 aromatic carbocycles. The molecular formula is C10H11FN2O. The average molecular weight is 194 g/mol. The predicted molar refractivity (Wildman–Crippen MR) is 50.0 cm³/mol. The van der Waals surface area contributed by atoms with E-state index in [0.29, 0.717) is 5.56 Å². The minimum atomic E-state index is -0.446. The van der Waals surface area contributed by atoms with Crippen molar-refractivity contribution in [3.05, 3.63) is 35.1 Å². The molecule has 14 heavy (non-hydrogen) atoms. The van der Waals surface area contributed by atoms with Crippen LogP contribution in [-0.4, -0.2) is 18.8 Å². The number of nitrogens with one attached hydrogen (secondary N) is 1. The molecule has 1 rings (SSSR count). The monoisotopic (exact) mass is 194 g/mol. The molecular weight excluding hydrogens is 183 g/mol. The van der Waals surface area contributed by atoms with Crippen LogP contribution in [0.4, 0.5) is 4.39 Å². The molecule has 0 spiro atoms. The van der Waals surface area contributed by atoms with Crippen molar-refractivity contribution >= 4 is 0 Å². The highest BCUT2D eigenvalue weighted by Crippen LogP contribution is 2.17. The van der Waals surface area contributed by atoms with Crippen LogP contribution in [0.2, 0.25) is 0 Å². The molecule has 0 fully saturated rings. The number of benzene rings is 1. The first kappa shape index (κ1) is 10.6. The quantitative estimate of drug-likeness (QED) is 0.753. The fourth-order valence-electron chi connectivity index (χ4n) is 1.27. The summed E-state index contributed by atoms with van der Waals surface area (Å²) in [5.41, 5.74) is 0.859. The molecule has 0 unspecified atom stereocenters. The molecule has 0 saturated heterocycles. The van der Waals surface area contributed by atoms with Gasteiger partial charge in [-0.05, 0) is 24.7 Å². The highest BCUT2D eigenvalue weighted by molar-refractivity contribution is 5.39. The molecule has 4 heteroatoms. The smallest absolute Gasteiger partial charge is 0.124 e. The van der Waals surface area contributed by atoms with E-state index in [-0.39, 0.29) is 18.2 Å². The van der Waals surface area contributed by atoms with Gasteiger partial charge in [-0.3, -0.25) is 0 Å². The van der Waals surface area contributed by atoms with Gasteiger partial charge >= 0.3 is 0 Å². The normalized spacial score (nSPS) is 12.1. The maximum absolute atomic E-state index is 12.8. The summed E-state index contributed by atoms with van der Waals surface area (Å²) in [5.74, 6) is -0.446. The van der Waals surface area contributed by atoms with Gasteiger partial charge in [0.2, 0.25) is 0 Å². The molecule has 1 atom stereocenters. The SMILES string of the molecule is CN[C@H](CO)c1ccc(F)cc1C#N. The molecule has 0 aliphatic carbocycles. The lowest BCUT2D eigenvalue weighted by molar-refractivity contribution is 0.250. The van der Waals surface area contributed by atoms with Crippen LogP contribution in [0.5, 0.6) is 0 Å². The summed E-state index contributed by atoms with van der Waals surface area (Å²) in [6, 6.07) is 5.51. The molecule has 0 aromatic heterocycles. The Morgan fingerprint density at radius 1 is 1.64 bits per heavy atom. The van der Waals surface area contributed by atoms with Crippen LogP contribution in [0.1, 0.15) is 17.2 Å². The van der Waals surface area contributed by atoms with Crippen LogP contribution in [-0.2, 0) is 0 Å². The second kappa shape index (κ2) is 4.70. The number of aliphatic hydroxyl groups excluding tert-OH is 1. The molecule has 0 aliphatic heterocycles. The van der Waals surface area contributed by atoms with E-state index in [1.54, 1.807) is 7.05 Å². The van der Waals surface area contributed by atoms with Gasteiger partial charge in [0.05, 0.1) is 24.3 Å². The van der Waals surface area contributed by atoms with Crippen LogP contribution >= 0.6 is 0 Å². The minimum absolute atomic E-state index is 0.128. The van der Waals surface area contributed by atoms with E-state index >= 15 is 0 Å². The minimum Gasteiger partial charge on any atom is -0.394 e. The van der Waals surface area contributed by atoms with Gasteiger partial charge in [-0.2, -0.15) is 5.26 Å². The molecule has 74 valence electrons. The Labute approximate surface area is 81.8 Å². The van der Waals surface area contributed by atoms with Crippen LogP contribution in [0, 0.1) is 17.1 Å². The average Bonchev–Trinajstić information content (AvgIpc) is 2.21. The molecule has 0 bridgehead atoms. The van der Waals surface area contributed by atoms with E-state index in [4.69, 9.17) is 10.4 Å². The largest absolute Gasteiger partial charge is 0.394 e. The first-order chi connectivity index (χ1) is 6.72. The molecule has 3 nitrogen and oxygen atoms in total. The number of nitrogens with zero attached hydrogens (tertiary/aromatic N) is 1. The zero-order valence-electron chi connectivity index (χ0n) is 7.79. The highest BCUT2D eigenvalue weighted by atomic mass is 19.1. The Kier molecular flexibility index (Phi) is 3.57. The Bertz CT molecular complexity index is 356. The second-order valence-electron chi connectivity index (χ2n) is 2.87. The molecule has 1 aromatic rings. The predicted octanol–water partition coefficient (Wildman–Crippen LogP) is 0.950. The van der Waals surface area contributed by atoms with E-state index in [9.17, 15) is 4.39 Å². The van der Waals surface area contributed by atoms with Crippen molar-refractivity contribution in [2.75, 3.05) is 13.7 Å². The Hall–Kier alpha value is -1.44. The summed E-state index contributed by atoms with van der Waals surface area (Å²) in [6.45, 7) is -0.128. The molecule has 0 amide bonds. The van der Waals surface area contributed by atoms with Gasteiger partial charge in [0.1, 0.15) is 5.82 Å². The lowest BCUT2D eigenvalue weighted by Crippen LogP contribution is -2.21. The summed E-state index contributed by atoms with van der Waals surface area (Å²) >= 11 is 0. The van der Waals surface area contributed by atoms with E-state index < -0.39 is 5.82 Å². The first-order valence-corrected chi connectivity index (χ1v) is 4.20. The Morgan fingerprint density at radius 2 is 2.36 bits per heavy atom. The zero-order valence-corrected chi connectivity index (χ0v) is 7.79. The number of nitriles is 1. The number of aliphatic hydroxyl groups is 1. The summed E-state index contributed by atoms with van der Waals surface area (Å²) < 4.78 is 12.8.